The van der Waals surface area contributed by atoms with Crippen LogP contribution < -0.4 is 0 Å². The van der Waals surface area contributed by atoms with Crippen LogP contribution in [0.2, 0.25) is 0 Å². The van der Waals surface area contributed by atoms with Gasteiger partial charge < -0.3 is 9.84 Å². The summed E-state index contributed by atoms with van der Waals surface area (Å²) in [6.45, 7) is 5.71. The van der Waals surface area contributed by atoms with Crippen LogP contribution in [0.1, 0.15) is 5.56 Å². The molecule has 0 aliphatic heterocycles. The summed E-state index contributed by atoms with van der Waals surface area (Å²) in [6, 6.07) is 3.93. The highest BCUT2D eigenvalue weighted by atomic mass is 16.5. The van der Waals surface area contributed by atoms with Gasteiger partial charge in [0.1, 0.15) is 0 Å². The van der Waals surface area contributed by atoms with Crippen LogP contribution in [0.25, 0.3) is 0 Å². The summed E-state index contributed by atoms with van der Waals surface area (Å²) in [6.07, 6.45) is 4.78. The number of aliphatic hydroxyl groups excluding tert-OH is 1. The zero-order chi connectivity index (χ0) is 12.5. The number of hydrogen-bond donors (Lipinski definition) is 1. The smallest absolute Gasteiger partial charge is 0.0900 e. The molecule has 0 aromatic carbocycles. The minimum atomic E-state index is -0.475. The number of hydrogen-bond acceptors (Lipinski definition) is 4. The van der Waals surface area contributed by atoms with Crippen molar-refractivity contribution in [3.63, 3.8) is 0 Å². The maximum absolute atomic E-state index is 9.71. The monoisotopic (exact) mass is 236 g/mol. The summed E-state index contributed by atoms with van der Waals surface area (Å²) in [7, 11) is 1.96. The largest absolute Gasteiger partial charge is 0.389 e. The van der Waals surface area contributed by atoms with Crippen molar-refractivity contribution in [2.75, 3.05) is 26.8 Å². The van der Waals surface area contributed by atoms with Crippen LogP contribution in [-0.4, -0.2) is 47.9 Å². The molecule has 1 aromatic rings. The van der Waals surface area contributed by atoms with Gasteiger partial charge in [0.15, 0.2) is 0 Å². The molecule has 0 amide bonds. The van der Waals surface area contributed by atoms with Crippen molar-refractivity contribution in [1.82, 2.24) is 9.88 Å². The van der Waals surface area contributed by atoms with Crippen LogP contribution in [0.15, 0.2) is 37.2 Å². The SMILES string of the molecule is C=CCOCC(O)CN(C)Cc1cccnc1. The van der Waals surface area contributed by atoms with Crippen LogP contribution in [0.5, 0.6) is 0 Å². The first-order valence-corrected chi connectivity index (χ1v) is 5.66. The van der Waals surface area contributed by atoms with Gasteiger partial charge in [0.05, 0.1) is 19.3 Å². The maximum Gasteiger partial charge on any atom is 0.0900 e. The van der Waals surface area contributed by atoms with E-state index >= 15 is 0 Å². The van der Waals surface area contributed by atoms with E-state index in [2.05, 4.69) is 11.6 Å². The van der Waals surface area contributed by atoms with Crippen molar-refractivity contribution in [2.45, 2.75) is 12.6 Å². The summed E-state index contributed by atoms with van der Waals surface area (Å²) < 4.78 is 5.19. The van der Waals surface area contributed by atoms with Gasteiger partial charge in [-0.05, 0) is 18.7 Å². The molecule has 1 unspecified atom stereocenters. The Morgan fingerprint density at radius 1 is 1.65 bits per heavy atom. The Hall–Kier alpha value is -1.23. The number of aromatic nitrogens is 1. The van der Waals surface area contributed by atoms with Crippen LogP contribution >= 0.6 is 0 Å². The summed E-state index contributed by atoms with van der Waals surface area (Å²) in [5.41, 5.74) is 1.13. The molecule has 0 aliphatic rings. The molecule has 0 aliphatic carbocycles. The van der Waals surface area contributed by atoms with Gasteiger partial charge in [-0.3, -0.25) is 9.88 Å². The van der Waals surface area contributed by atoms with Gasteiger partial charge in [-0.15, -0.1) is 6.58 Å². The first-order chi connectivity index (χ1) is 8.22. The van der Waals surface area contributed by atoms with Gasteiger partial charge in [0.2, 0.25) is 0 Å². The minimum Gasteiger partial charge on any atom is -0.389 e. The van der Waals surface area contributed by atoms with Crippen molar-refractivity contribution in [1.29, 1.82) is 0 Å². The zero-order valence-corrected chi connectivity index (χ0v) is 10.2. The van der Waals surface area contributed by atoms with Gasteiger partial charge in [-0.25, -0.2) is 0 Å². The van der Waals surface area contributed by atoms with Crippen molar-refractivity contribution in [3.05, 3.63) is 42.7 Å². The molecule has 0 bridgehead atoms. The quantitative estimate of drug-likeness (QED) is 0.542. The van der Waals surface area contributed by atoms with Gasteiger partial charge in [0.25, 0.3) is 0 Å². The summed E-state index contributed by atoms with van der Waals surface area (Å²) in [5.74, 6) is 0. The van der Waals surface area contributed by atoms with E-state index in [4.69, 9.17) is 4.74 Å². The molecule has 1 aromatic heterocycles. The standard InChI is InChI=1S/C13H20N2O2/c1-3-7-17-11-13(16)10-15(2)9-12-5-4-6-14-8-12/h3-6,8,13,16H,1,7,9-11H2,2H3. The third kappa shape index (κ3) is 6.16. The van der Waals surface area contributed by atoms with Gasteiger partial charge >= 0.3 is 0 Å². The maximum atomic E-state index is 9.71. The Balaban J connectivity index is 2.24. The predicted octanol–water partition coefficient (Wildman–Crippen LogP) is 1.08. The summed E-state index contributed by atoms with van der Waals surface area (Å²) in [5, 5.41) is 9.71. The van der Waals surface area contributed by atoms with E-state index in [0.29, 0.717) is 19.8 Å². The Bertz CT molecular complexity index is 316. The van der Waals surface area contributed by atoms with E-state index in [9.17, 15) is 5.11 Å². The molecule has 1 rings (SSSR count). The molecule has 0 saturated carbocycles. The highest BCUT2D eigenvalue weighted by molar-refractivity contribution is 5.07. The normalized spacial score (nSPS) is 12.6. The van der Waals surface area contributed by atoms with Gasteiger partial charge in [-0.2, -0.15) is 0 Å². The number of aliphatic hydroxyl groups is 1. The van der Waals surface area contributed by atoms with E-state index in [-0.39, 0.29) is 0 Å². The van der Waals surface area contributed by atoms with Crippen LogP contribution in [0.3, 0.4) is 0 Å². The number of pyridine rings is 1. The predicted molar refractivity (Wildman–Crippen MR) is 67.6 cm³/mol. The summed E-state index contributed by atoms with van der Waals surface area (Å²) in [4.78, 5) is 6.09. The molecule has 94 valence electrons. The highest BCUT2D eigenvalue weighted by Gasteiger charge is 2.08. The fraction of sp³-hybridized carbons (Fsp3) is 0.462. The van der Waals surface area contributed by atoms with Crippen LogP contribution in [-0.2, 0) is 11.3 Å². The lowest BCUT2D eigenvalue weighted by atomic mass is 10.2. The molecule has 0 radical (unpaired) electrons. The molecular formula is C13H20N2O2. The van der Waals surface area contributed by atoms with E-state index in [1.165, 1.54) is 0 Å². The Morgan fingerprint density at radius 2 is 2.47 bits per heavy atom. The molecule has 4 nitrogen and oxygen atoms in total. The molecule has 0 saturated heterocycles. The first kappa shape index (κ1) is 13.8. The average molecular weight is 236 g/mol. The average Bonchev–Trinajstić information content (AvgIpc) is 2.30. The Kier molecular flexibility index (Phi) is 6.47. The molecule has 1 atom stereocenters. The second kappa shape index (κ2) is 7.95. The molecular weight excluding hydrogens is 216 g/mol. The third-order valence-corrected chi connectivity index (χ3v) is 2.24. The number of rotatable bonds is 8. The molecule has 1 N–H and O–H groups in total. The zero-order valence-electron chi connectivity index (χ0n) is 10.2. The van der Waals surface area contributed by atoms with E-state index in [0.717, 1.165) is 12.1 Å². The topological polar surface area (TPSA) is 45.6 Å². The van der Waals surface area contributed by atoms with E-state index in [1.807, 2.05) is 30.3 Å². The van der Waals surface area contributed by atoms with Crippen LogP contribution in [0.4, 0.5) is 0 Å². The lowest BCUT2D eigenvalue weighted by molar-refractivity contribution is 0.0298. The third-order valence-electron chi connectivity index (χ3n) is 2.24. The summed E-state index contributed by atoms with van der Waals surface area (Å²) >= 11 is 0. The fourth-order valence-electron chi connectivity index (χ4n) is 1.57. The van der Waals surface area contributed by atoms with Gasteiger partial charge in [0, 0.05) is 25.5 Å². The van der Waals surface area contributed by atoms with Crippen molar-refractivity contribution in [2.24, 2.45) is 0 Å². The number of likely N-dealkylation sites (N-methyl/N-ethyl adjacent to an activating group) is 1. The van der Waals surface area contributed by atoms with Crippen molar-refractivity contribution < 1.29 is 9.84 Å². The molecule has 17 heavy (non-hydrogen) atoms. The second-order valence-corrected chi connectivity index (χ2v) is 4.04. The number of ether oxygens (including phenoxy) is 1. The Morgan fingerprint density at radius 3 is 3.12 bits per heavy atom. The molecule has 4 heteroatoms. The van der Waals surface area contributed by atoms with Crippen LogP contribution in [0, 0.1) is 0 Å². The van der Waals surface area contributed by atoms with Crippen molar-refractivity contribution >= 4 is 0 Å². The molecule has 0 spiro atoms. The van der Waals surface area contributed by atoms with E-state index in [1.54, 1.807) is 12.3 Å². The molecule has 0 fully saturated rings. The highest BCUT2D eigenvalue weighted by Crippen LogP contribution is 2.01. The second-order valence-electron chi connectivity index (χ2n) is 4.04. The fourth-order valence-corrected chi connectivity index (χ4v) is 1.57. The first-order valence-electron chi connectivity index (χ1n) is 5.66. The van der Waals surface area contributed by atoms with Crippen molar-refractivity contribution in [3.8, 4) is 0 Å². The minimum absolute atomic E-state index is 0.337. The number of nitrogens with zero attached hydrogens (tertiary/aromatic N) is 2. The lowest BCUT2D eigenvalue weighted by Crippen LogP contribution is -2.31. The lowest BCUT2D eigenvalue weighted by Gasteiger charge is -2.20. The molecule has 1 heterocycles. The van der Waals surface area contributed by atoms with Gasteiger partial charge in [-0.1, -0.05) is 12.1 Å². The van der Waals surface area contributed by atoms with E-state index < -0.39 is 6.10 Å². The Labute approximate surface area is 103 Å².